The number of carbonyl (C=O) groups excluding carboxylic acids is 1. The summed E-state index contributed by atoms with van der Waals surface area (Å²) in [6, 6.07) is 17.6. The Balaban J connectivity index is 1.69. The predicted molar refractivity (Wildman–Crippen MR) is 89.0 cm³/mol. The fourth-order valence-corrected chi connectivity index (χ4v) is 3.18. The van der Waals surface area contributed by atoms with E-state index in [2.05, 4.69) is 5.32 Å². The second-order valence-corrected chi connectivity index (χ2v) is 5.91. The van der Waals surface area contributed by atoms with Crippen LogP contribution in [-0.2, 0) is 9.59 Å². The number of hydrogen-bond donors (Lipinski definition) is 2. The van der Waals surface area contributed by atoms with Crippen LogP contribution in [-0.4, -0.2) is 17.0 Å². The van der Waals surface area contributed by atoms with Crippen molar-refractivity contribution in [2.45, 2.75) is 19.3 Å². The second kappa shape index (κ2) is 6.65. The van der Waals surface area contributed by atoms with Crippen molar-refractivity contribution in [3.05, 3.63) is 54.6 Å². The Labute approximate surface area is 135 Å². The number of aliphatic carboxylic acids is 1. The third-order valence-electron chi connectivity index (χ3n) is 4.43. The Morgan fingerprint density at radius 2 is 1.48 bits per heavy atom. The Morgan fingerprint density at radius 3 is 2.13 bits per heavy atom. The molecule has 0 radical (unpaired) electrons. The lowest BCUT2D eigenvalue weighted by Crippen LogP contribution is -2.29. The number of rotatable bonds is 4. The van der Waals surface area contributed by atoms with Crippen molar-refractivity contribution < 1.29 is 14.7 Å². The van der Waals surface area contributed by atoms with Crippen LogP contribution in [0.1, 0.15) is 19.3 Å². The van der Waals surface area contributed by atoms with Gasteiger partial charge in [0.1, 0.15) is 0 Å². The summed E-state index contributed by atoms with van der Waals surface area (Å²) in [6.45, 7) is 0. The first kappa shape index (κ1) is 15.3. The first-order valence-corrected chi connectivity index (χ1v) is 7.84. The minimum Gasteiger partial charge on any atom is -0.481 e. The fraction of sp³-hybridized carbons (Fsp3) is 0.263. The molecule has 0 heterocycles. The quantitative estimate of drug-likeness (QED) is 0.903. The number of anilines is 1. The summed E-state index contributed by atoms with van der Waals surface area (Å²) in [4.78, 5) is 23.5. The molecule has 23 heavy (non-hydrogen) atoms. The highest BCUT2D eigenvalue weighted by Gasteiger charge is 2.37. The molecule has 3 rings (SSSR count). The Bertz CT molecular complexity index is 694. The van der Waals surface area contributed by atoms with Crippen molar-refractivity contribution in [3.8, 4) is 11.1 Å². The zero-order valence-corrected chi connectivity index (χ0v) is 12.7. The molecule has 2 N–H and O–H groups in total. The highest BCUT2D eigenvalue weighted by Crippen LogP contribution is 2.33. The Hall–Kier alpha value is -2.62. The van der Waals surface area contributed by atoms with Crippen molar-refractivity contribution in [3.63, 3.8) is 0 Å². The largest absolute Gasteiger partial charge is 0.481 e. The van der Waals surface area contributed by atoms with Crippen LogP contribution in [0.15, 0.2) is 54.6 Å². The normalized spacial score (nSPS) is 20.2. The van der Waals surface area contributed by atoms with Gasteiger partial charge in [0.05, 0.1) is 11.8 Å². The average molecular weight is 309 g/mol. The molecule has 2 aromatic carbocycles. The van der Waals surface area contributed by atoms with Crippen LogP contribution in [0.4, 0.5) is 5.69 Å². The van der Waals surface area contributed by atoms with E-state index in [0.29, 0.717) is 18.5 Å². The molecule has 4 heteroatoms. The molecule has 4 nitrogen and oxygen atoms in total. The smallest absolute Gasteiger partial charge is 0.307 e. The van der Waals surface area contributed by atoms with E-state index in [0.717, 1.165) is 17.5 Å². The molecule has 0 aliphatic heterocycles. The molecule has 0 bridgehead atoms. The van der Waals surface area contributed by atoms with Gasteiger partial charge in [-0.15, -0.1) is 0 Å². The summed E-state index contributed by atoms with van der Waals surface area (Å²) in [5.41, 5.74) is 2.89. The van der Waals surface area contributed by atoms with Gasteiger partial charge in [-0.05, 0) is 36.1 Å². The average Bonchev–Trinajstić information content (AvgIpc) is 3.06. The molecule has 1 aliphatic carbocycles. The maximum atomic E-state index is 12.3. The van der Waals surface area contributed by atoms with E-state index in [9.17, 15) is 14.7 Å². The van der Waals surface area contributed by atoms with E-state index < -0.39 is 17.8 Å². The zero-order valence-electron chi connectivity index (χ0n) is 12.7. The standard InChI is InChI=1S/C19H19NO3/c21-18(16-7-4-8-17(16)19(22)23)20-15-11-9-14(10-12-15)13-5-2-1-3-6-13/h1-3,5-6,9-12,16-17H,4,7-8H2,(H,20,21)(H,22,23). The van der Waals surface area contributed by atoms with Crippen molar-refractivity contribution in [1.82, 2.24) is 0 Å². The Kier molecular flexibility index (Phi) is 4.42. The van der Waals surface area contributed by atoms with Gasteiger partial charge in [-0.2, -0.15) is 0 Å². The Morgan fingerprint density at radius 1 is 0.870 bits per heavy atom. The van der Waals surface area contributed by atoms with Gasteiger partial charge < -0.3 is 10.4 Å². The molecule has 0 spiro atoms. The number of amides is 1. The number of benzene rings is 2. The highest BCUT2D eigenvalue weighted by atomic mass is 16.4. The summed E-state index contributed by atoms with van der Waals surface area (Å²) in [7, 11) is 0. The molecule has 0 aromatic heterocycles. The van der Waals surface area contributed by atoms with Gasteiger partial charge >= 0.3 is 5.97 Å². The SMILES string of the molecule is O=C(O)C1CCCC1C(=O)Nc1ccc(-c2ccccc2)cc1. The van der Waals surface area contributed by atoms with E-state index >= 15 is 0 Å². The van der Waals surface area contributed by atoms with Crippen molar-refractivity contribution in [2.24, 2.45) is 11.8 Å². The van der Waals surface area contributed by atoms with Gasteiger partial charge in [-0.3, -0.25) is 9.59 Å². The van der Waals surface area contributed by atoms with Crippen molar-refractivity contribution in [2.75, 3.05) is 5.32 Å². The maximum absolute atomic E-state index is 12.3. The first-order chi connectivity index (χ1) is 11.1. The van der Waals surface area contributed by atoms with Gasteiger partial charge in [0.25, 0.3) is 0 Å². The van der Waals surface area contributed by atoms with Gasteiger partial charge in [-0.25, -0.2) is 0 Å². The highest BCUT2D eigenvalue weighted by molar-refractivity contribution is 5.95. The van der Waals surface area contributed by atoms with E-state index in [1.165, 1.54) is 0 Å². The lowest BCUT2D eigenvalue weighted by molar-refractivity contribution is -0.145. The molecule has 118 valence electrons. The molecular weight excluding hydrogens is 290 g/mol. The lowest BCUT2D eigenvalue weighted by atomic mass is 9.95. The van der Waals surface area contributed by atoms with Crippen LogP contribution in [0.25, 0.3) is 11.1 Å². The van der Waals surface area contributed by atoms with E-state index in [-0.39, 0.29) is 5.91 Å². The fourth-order valence-electron chi connectivity index (χ4n) is 3.18. The minimum atomic E-state index is -0.873. The molecule has 2 unspecified atom stereocenters. The minimum absolute atomic E-state index is 0.192. The first-order valence-electron chi connectivity index (χ1n) is 7.84. The number of nitrogens with one attached hydrogen (secondary N) is 1. The number of hydrogen-bond acceptors (Lipinski definition) is 2. The van der Waals surface area contributed by atoms with Gasteiger partial charge in [0.15, 0.2) is 0 Å². The van der Waals surface area contributed by atoms with Crippen LogP contribution in [0.5, 0.6) is 0 Å². The summed E-state index contributed by atoms with van der Waals surface area (Å²) in [6.07, 6.45) is 2.02. The zero-order chi connectivity index (χ0) is 16.2. The van der Waals surface area contributed by atoms with Gasteiger partial charge in [0, 0.05) is 5.69 Å². The summed E-state index contributed by atoms with van der Waals surface area (Å²) in [5, 5.41) is 12.0. The number of carbonyl (C=O) groups is 2. The topological polar surface area (TPSA) is 66.4 Å². The van der Waals surface area contributed by atoms with Gasteiger partial charge in [-0.1, -0.05) is 48.9 Å². The van der Waals surface area contributed by atoms with E-state index in [1.807, 2.05) is 54.6 Å². The van der Waals surface area contributed by atoms with Crippen LogP contribution < -0.4 is 5.32 Å². The van der Waals surface area contributed by atoms with Crippen molar-refractivity contribution in [1.29, 1.82) is 0 Å². The number of carboxylic acid groups (broad SMARTS) is 1. The molecule has 2 aromatic rings. The molecular formula is C19H19NO3. The summed E-state index contributed by atoms with van der Waals surface area (Å²) < 4.78 is 0. The summed E-state index contributed by atoms with van der Waals surface area (Å²) in [5.74, 6) is -2.05. The monoisotopic (exact) mass is 309 g/mol. The lowest BCUT2D eigenvalue weighted by Gasteiger charge is -2.15. The van der Waals surface area contributed by atoms with E-state index in [1.54, 1.807) is 0 Å². The van der Waals surface area contributed by atoms with Crippen LogP contribution in [0, 0.1) is 11.8 Å². The molecule has 1 aliphatic rings. The third-order valence-corrected chi connectivity index (χ3v) is 4.43. The van der Waals surface area contributed by atoms with Crippen molar-refractivity contribution >= 4 is 17.6 Å². The van der Waals surface area contributed by atoms with Crippen LogP contribution in [0.2, 0.25) is 0 Å². The van der Waals surface area contributed by atoms with Crippen LogP contribution >= 0.6 is 0 Å². The second-order valence-electron chi connectivity index (χ2n) is 5.91. The molecule has 1 fully saturated rings. The molecule has 1 saturated carbocycles. The van der Waals surface area contributed by atoms with Gasteiger partial charge in [0.2, 0.25) is 5.91 Å². The molecule has 2 atom stereocenters. The van der Waals surface area contributed by atoms with Crippen LogP contribution in [0.3, 0.4) is 0 Å². The van der Waals surface area contributed by atoms with E-state index in [4.69, 9.17) is 0 Å². The number of carboxylic acids is 1. The molecule has 0 saturated heterocycles. The third kappa shape index (κ3) is 3.42. The predicted octanol–water partition coefficient (Wildman–Crippen LogP) is 3.79. The maximum Gasteiger partial charge on any atom is 0.307 e. The molecule has 1 amide bonds. The summed E-state index contributed by atoms with van der Waals surface area (Å²) >= 11 is 0.